The number of benzene rings is 1. The lowest BCUT2D eigenvalue weighted by atomic mass is 9.90. The molecule has 2 saturated heterocycles. The summed E-state index contributed by atoms with van der Waals surface area (Å²) in [5.74, 6) is 3.33. The van der Waals surface area contributed by atoms with Crippen LogP contribution in [0, 0.1) is 5.92 Å². The minimum Gasteiger partial charge on any atom is -0.497 e. The van der Waals surface area contributed by atoms with Crippen molar-refractivity contribution in [3.63, 3.8) is 0 Å². The molecular weight excluding hydrogens is 394 g/mol. The molecule has 2 aliphatic heterocycles. The van der Waals surface area contributed by atoms with E-state index in [4.69, 9.17) is 14.0 Å². The van der Waals surface area contributed by atoms with Crippen LogP contribution in [0.25, 0.3) is 0 Å². The maximum absolute atomic E-state index is 13.5. The number of rotatable bonds is 6. The number of nitrogens with zero attached hydrogens (tertiary/aromatic N) is 3. The van der Waals surface area contributed by atoms with Crippen molar-refractivity contribution in [2.45, 2.75) is 56.3 Å². The molecule has 3 aliphatic rings. The van der Waals surface area contributed by atoms with Gasteiger partial charge in [0.05, 0.1) is 12.5 Å². The molecule has 1 atom stereocenters. The molecule has 1 aliphatic carbocycles. The maximum atomic E-state index is 13.5. The fourth-order valence-electron chi connectivity index (χ4n) is 5.10. The minimum atomic E-state index is -0.338. The van der Waals surface area contributed by atoms with Crippen LogP contribution in [0.2, 0.25) is 0 Å². The number of hydrogen-bond donors (Lipinski definition) is 0. The van der Waals surface area contributed by atoms with Gasteiger partial charge in [0.2, 0.25) is 11.8 Å². The van der Waals surface area contributed by atoms with Gasteiger partial charge in [0.15, 0.2) is 5.82 Å². The quantitative estimate of drug-likeness (QED) is 0.705. The summed E-state index contributed by atoms with van der Waals surface area (Å²) in [5.41, 5.74) is 0.771. The maximum Gasteiger partial charge on any atom is 0.233 e. The van der Waals surface area contributed by atoms with E-state index in [1.165, 1.54) is 0 Å². The Bertz CT molecular complexity index is 900. The highest BCUT2D eigenvalue weighted by molar-refractivity contribution is 5.91. The highest BCUT2D eigenvalue weighted by Gasteiger charge is 2.53. The van der Waals surface area contributed by atoms with Crippen LogP contribution in [0.1, 0.15) is 61.7 Å². The lowest BCUT2D eigenvalue weighted by Gasteiger charge is -2.35. The lowest BCUT2D eigenvalue weighted by molar-refractivity contribution is -0.135. The predicted molar refractivity (Wildman–Crippen MR) is 114 cm³/mol. The molecule has 1 amide bonds. The standard InChI is InChI=1S/C24H31N3O4/c1-29-20-6-4-19(5-7-20)24(10-11-24)23(28)27-12-2-3-17(16-27)15-21-25-22(26-31-21)18-8-13-30-14-9-18/h4-7,17-18H,2-3,8-16H2,1H3. The Balaban J connectivity index is 1.22. The third kappa shape index (κ3) is 4.20. The van der Waals surface area contributed by atoms with E-state index in [2.05, 4.69) is 15.0 Å². The number of methoxy groups -OCH3 is 1. The van der Waals surface area contributed by atoms with Crippen molar-refractivity contribution < 1.29 is 18.8 Å². The second-order valence-electron chi connectivity index (χ2n) is 9.21. The first kappa shape index (κ1) is 20.5. The molecule has 7 heteroatoms. The SMILES string of the molecule is COc1ccc(C2(C(=O)N3CCCC(Cc4nc(C5CCOCC5)no4)C3)CC2)cc1. The average molecular weight is 426 g/mol. The fraction of sp³-hybridized carbons (Fsp3) is 0.625. The molecule has 1 aromatic carbocycles. The molecule has 7 nitrogen and oxygen atoms in total. The number of piperidine rings is 1. The summed E-state index contributed by atoms with van der Waals surface area (Å²) in [6.07, 6.45) is 6.63. The first-order valence-electron chi connectivity index (χ1n) is 11.5. The van der Waals surface area contributed by atoms with Crippen LogP contribution in [0.15, 0.2) is 28.8 Å². The van der Waals surface area contributed by atoms with E-state index in [1.54, 1.807) is 7.11 Å². The number of hydrogen-bond acceptors (Lipinski definition) is 6. The zero-order valence-electron chi connectivity index (χ0n) is 18.2. The number of aromatic nitrogens is 2. The molecule has 0 N–H and O–H groups in total. The summed E-state index contributed by atoms with van der Waals surface area (Å²) in [7, 11) is 1.66. The van der Waals surface area contributed by atoms with Gasteiger partial charge in [-0.3, -0.25) is 4.79 Å². The molecule has 31 heavy (non-hydrogen) atoms. The van der Waals surface area contributed by atoms with Crippen LogP contribution in [0.3, 0.4) is 0 Å². The van der Waals surface area contributed by atoms with E-state index in [0.29, 0.717) is 17.7 Å². The van der Waals surface area contributed by atoms with Crippen LogP contribution in [0.4, 0.5) is 0 Å². The van der Waals surface area contributed by atoms with Gasteiger partial charge in [-0.1, -0.05) is 17.3 Å². The Kier molecular flexibility index (Phi) is 5.69. The number of likely N-dealkylation sites (tertiary alicyclic amines) is 1. The summed E-state index contributed by atoms with van der Waals surface area (Å²) in [6.45, 7) is 3.14. The molecule has 1 saturated carbocycles. The van der Waals surface area contributed by atoms with Crippen molar-refractivity contribution in [2.24, 2.45) is 5.92 Å². The van der Waals surface area contributed by atoms with Crippen LogP contribution in [-0.4, -0.2) is 54.4 Å². The van der Waals surface area contributed by atoms with E-state index in [1.807, 2.05) is 24.3 Å². The molecule has 0 bridgehead atoms. The van der Waals surface area contributed by atoms with E-state index >= 15 is 0 Å². The Morgan fingerprint density at radius 3 is 2.68 bits per heavy atom. The first-order valence-corrected chi connectivity index (χ1v) is 11.5. The van der Waals surface area contributed by atoms with Crippen LogP contribution >= 0.6 is 0 Å². The molecule has 3 fully saturated rings. The zero-order chi connectivity index (χ0) is 21.3. The van der Waals surface area contributed by atoms with Gasteiger partial charge in [-0.15, -0.1) is 0 Å². The largest absolute Gasteiger partial charge is 0.497 e. The number of amides is 1. The van der Waals surface area contributed by atoms with Gasteiger partial charge in [0, 0.05) is 38.6 Å². The van der Waals surface area contributed by atoms with Gasteiger partial charge >= 0.3 is 0 Å². The van der Waals surface area contributed by atoms with Crippen molar-refractivity contribution >= 4 is 5.91 Å². The van der Waals surface area contributed by atoms with E-state index < -0.39 is 0 Å². The second kappa shape index (κ2) is 8.61. The molecule has 0 spiro atoms. The summed E-state index contributed by atoms with van der Waals surface area (Å²) in [6, 6.07) is 7.99. The smallest absolute Gasteiger partial charge is 0.233 e. The third-order valence-corrected chi connectivity index (χ3v) is 7.14. The van der Waals surface area contributed by atoms with E-state index in [0.717, 1.165) is 88.4 Å². The monoisotopic (exact) mass is 425 g/mol. The Morgan fingerprint density at radius 1 is 1.19 bits per heavy atom. The summed E-state index contributed by atoms with van der Waals surface area (Å²) < 4.78 is 16.3. The first-order chi connectivity index (χ1) is 15.2. The Hall–Kier alpha value is -2.41. The molecule has 1 unspecified atom stereocenters. The van der Waals surface area contributed by atoms with E-state index in [-0.39, 0.29) is 11.3 Å². The van der Waals surface area contributed by atoms with Gasteiger partial charge in [0.1, 0.15) is 5.75 Å². The zero-order valence-corrected chi connectivity index (χ0v) is 18.2. The molecule has 0 radical (unpaired) electrons. The van der Waals surface area contributed by atoms with Crippen molar-refractivity contribution in [1.29, 1.82) is 0 Å². The summed E-state index contributed by atoms with van der Waals surface area (Å²) in [4.78, 5) is 20.2. The molecule has 5 rings (SSSR count). The van der Waals surface area contributed by atoms with Crippen LogP contribution in [-0.2, 0) is 21.4 Å². The Morgan fingerprint density at radius 2 is 1.97 bits per heavy atom. The molecule has 3 heterocycles. The number of carbonyl (C=O) groups excluding carboxylic acids is 1. The van der Waals surface area contributed by atoms with Crippen molar-refractivity contribution in [3.05, 3.63) is 41.5 Å². The highest BCUT2D eigenvalue weighted by Crippen LogP contribution is 2.50. The predicted octanol–water partition coefficient (Wildman–Crippen LogP) is 3.49. The van der Waals surface area contributed by atoms with Gasteiger partial charge in [-0.2, -0.15) is 4.98 Å². The third-order valence-electron chi connectivity index (χ3n) is 7.14. The minimum absolute atomic E-state index is 0.274. The van der Waals surface area contributed by atoms with Crippen LogP contribution < -0.4 is 4.74 Å². The normalized spacial score (nSPS) is 23.5. The molecule has 2 aromatic rings. The highest BCUT2D eigenvalue weighted by atomic mass is 16.5. The Labute approximate surface area is 183 Å². The molecule has 166 valence electrons. The van der Waals surface area contributed by atoms with Crippen molar-refractivity contribution in [2.75, 3.05) is 33.4 Å². The van der Waals surface area contributed by atoms with Gasteiger partial charge in [0.25, 0.3) is 0 Å². The van der Waals surface area contributed by atoms with Crippen molar-refractivity contribution in [1.82, 2.24) is 15.0 Å². The summed E-state index contributed by atoms with van der Waals surface area (Å²) >= 11 is 0. The van der Waals surface area contributed by atoms with Crippen molar-refractivity contribution in [3.8, 4) is 5.75 Å². The molecule has 1 aromatic heterocycles. The number of ether oxygens (including phenoxy) is 2. The number of carbonyl (C=O) groups is 1. The lowest BCUT2D eigenvalue weighted by Crippen LogP contribution is -2.45. The molecular formula is C24H31N3O4. The summed E-state index contributed by atoms with van der Waals surface area (Å²) in [5, 5.41) is 4.23. The topological polar surface area (TPSA) is 77.7 Å². The van der Waals surface area contributed by atoms with Gasteiger partial charge < -0.3 is 18.9 Å². The van der Waals surface area contributed by atoms with Gasteiger partial charge in [-0.25, -0.2) is 0 Å². The van der Waals surface area contributed by atoms with Crippen LogP contribution in [0.5, 0.6) is 5.75 Å². The van der Waals surface area contributed by atoms with Gasteiger partial charge in [-0.05, 0) is 62.1 Å². The second-order valence-corrected chi connectivity index (χ2v) is 9.21. The van der Waals surface area contributed by atoms with E-state index in [9.17, 15) is 4.79 Å². The average Bonchev–Trinajstić information content (AvgIpc) is 3.51. The fourth-order valence-corrected chi connectivity index (χ4v) is 5.10.